The SMILES string of the molecule is CCn1cc(CN(C(=O)c2cc(C(=O)O)sc2C)C2CC2)c(C)n1. The van der Waals surface area contributed by atoms with Gasteiger partial charge in [0, 0.05) is 35.8 Å². The molecule has 1 amide bonds. The Morgan fingerprint density at radius 2 is 2.12 bits per heavy atom. The van der Waals surface area contributed by atoms with Gasteiger partial charge in [0.1, 0.15) is 4.88 Å². The van der Waals surface area contributed by atoms with E-state index in [0.29, 0.717) is 12.1 Å². The second-order valence-electron chi connectivity index (χ2n) is 6.15. The van der Waals surface area contributed by atoms with Crippen LogP contribution in [-0.4, -0.2) is 37.7 Å². The van der Waals surface area contributed by atoms with Crippen molar-refractivity contribution >= 4 is 23.2 Å². The Kier molecular flexibility index (Phi) is 4.45. The van der Waals surface area contributed by atoms with Gasteiger partial charge in [-0.15, -0.1) is 11.3 Å². The van der Waals surface area contributed by atoms with Crippen LogP contribution in [0.15, 0.2) is 12.3 Å². The molecule has 1 saturated carbocycles. The maximum Gasteiger partial charge on any atom is 0.345 e. The molecule has 1 aliphatic rings. The van der Waals surface area contributed by atoms with Crippen LogP contribution in [0, 0.1) is 13.8 Å². The fourth-order valence-electron chi connectivity index (χ4n) is 2.77. The quantitative estimate of drug-likeness (QED) is 0.871. The molecular weight excluding hydrogens is 326 g/mol. The Morgan fingerprint density at radius 1 is 1.42 bits per heavy atom. The molecule has 128 valence electrons. The zero-order chi connectivity index (χ0) is 17.4. The largest absolute Gasteiger partial charge is 0.477 e. The number of carbonyl (C=O) groups is 2. The molecule has 0 radical (unpaired) electrons. The van der Waals surface area contributed by atoms with Gasteiger partial charge in [-0.25, -0.2) is 4.79 Å². The Hall–Kier alpha value is -2.15. The van der Waals surface area contributed by atoms with Gasteiger partial charge in [-0.05, 0) is 39.7 Å². The van der Waals surface area contributed by atoms with Gasteiger partial charge in [-0.3, -0.25) is 9.48 Å². The van der Waals surface area contributed by atoms with E-state index in [4.69, 9.17) is 5.11 Å². The van der Waals surface area contributed by atoms with Crippen LogP contribution in [0.25, 0.3) is 0 Å². The normalized spacial score (nSPS) is 14.0. The summed E-state index contributed by atoms with van der Waals surface area (Å²) in [4.78, 5) is 27.0. The fraction of sp³-hybridized carbons (Fsp3) is 0.471. The Morgan fingerprint density at radius 3 is 2.62 bits per heavy atom. The van der Waals surface area contributed by atoms with E-state index in [1.165, 1.54) is 6.07 Å². The van der Waals surface area contributed by atoms with Crippen molar-refractivity contribution in [1.82, 2.24) is 14.7 Å². The topological polar surface area (TPSA) is 75.4 Å². The maximum atomic E-state index is 13.0. The minimum Gasteiger partial charge on any atom is -0.477 e. The van der Waals surface area contributed by atoms with Crippen LogP contribution in [0.1, 0.15) is 55.9 Å². The zero-order valence-electron chi connectivity index (χ0n) is 14.1. The lowest BCUT2D eigenvalue weighted by Gasteiger charge is -2.22. The summed E-state index contributed by atoms with van der Waals surface area (Å²) < 4.78 is 1.87. The van der Waals surface area contributed by atoms with E-state index in [9.17, 15) is 9.59 Å². The van der Waals surface area contributed by atoms with Crippen molar-refractivity contribution in [2.75, 3.05) is 0 Å². The lowest BCUT2D eigenvalue weighted by Crippen LogP contribution is -2.32. The van der Waals surface area contributed by atoms with Crippen LogP contribution in [-0.2, 0) is 13.1 Å². The molecular formula is C17H21N3O3S. The molecule has 0 aliphatic heterocycles. The molecule has 6 nitrogen and oxygen atoms in total. The van der Waals surface area contributed by atoms with Gasteiger partial charge in [0.15, 0.2) is 0 Å². The van der Waals surface area contributed by atoms with Crippen molar-refractivity contribution in [3.63, 3.8) is 0 Å². The third-order valence-electron chi connectivity index (χ3n) is 4.32. The number of aryl methyl sites for hydroxylation is 3. The third-order valence-corrected chi connectivity index (χ3v) is 5.36. The predicted octanol–water partition coefficient (Wildman–Crippen LogP) is 3.08. The molecule has 0 spiro atoms. The predicted molar refractivity (Wildman–Crippen MR) is 91.5 cm³/mol. The van der Waals surface area contributed by atoms with Gasteiger partial charge >= 0.3 is 5.97 Å². The van der Waals surface area contributed by atoms with Crippen molar-refractivity contribution in [3.8, 4) is 0 Å². The molecule has 0 bridgehead atoms. The van der Waals surface area contributed by atoms with Crippen LogP contribution in [0.4, 0.5) is 0 Å². The number of aromatic nitrogens is 2. The van der Waals surface area contributed by atoms with Gasteiger partial charge in [-0.2, -0.15) is 5.10 Å². The van der Waals surface area contributed by atoms with Crippen molar-refractivity contribution in [2.45, 2.75) is 52.7 Å². The van der Waals surface area contributed by atoms with Crippen LogP contribution in [0.3, 0.4) is 0 Å². The molecule has 3 rings (SSSR count). The molecule has 7 heteroatoms. The highest BCUT2D eigenvalue weighted by molar-refractivity contribution is 7.14. The summed E-state index contributed by atoms with van der Waals surface area (Å²) in [6.45, 7) is 7.10. The maximum absolute atomic E-state index is 13.0. The summed E-state index contributed by atoms with van der Waals surface area (Å²) in [6, 6.07) is 1.75. The minimum atomic E-state index is -0.986. The third kappa shape index (κ3) is 3.21. The van der Waals surface area contributed by atoms with Crippen LogP contribution in [0.5, 0.6) is 0 Å². The van der Waals surface area contributed by atoms with Crippen molar-refractivity contribution in [2.24, 2.45) is 0 Å². The molecule has 0 atom stereocenters. The lowest BCUT2D eigenvalue weighted by atomic mass is 10.2. The number of nitrogens with zero attached hydrogens (tertiary/aromatic N) is 3. The van der Waals surface area contributed by atoms with E-state index >= 15 is 0 Å². The van der Waals surface area contributed by atoms with Gasteiger partial charge in [0.05, 0.1) is 11.3 Å². The first kappa shape index (κ1) is 16.7. The number of carboxylic acids is 1. The molecule has 2 aromatic rings. The van der Waals surface area contributed by atoms with Crippen molar-refractivity contribution < 1.29 is 14.7 Å². The van der Waals surface area contributed by atoms with E-state index in [2.05, 4.69) is 5.10 Å². The second kappa shape index (κ2) is 6.39. The molecule has 0 unspecified atom stereocenters. The number of amides is 1. The van der Waals surface area contributed by atoms with Crippen molar-refractivity contribution in [3.05, 3.63) is 38.8 Å². The number of aromatic carboxylic acids is 1. The first-order valence-electron chi connectivity index (χ1n) is 8.08. The molecule has 1 fully saturated rings. The lowest BCUT2D eigenvalue weighted by molar-refractivity contribution is 0.0702. The summed E-state index contributed by atoms with van der Waals surface area (Å²) in [5.41, 5.74) is 2.48. The zero-order valence-corrected chi connectivity index (χ0v) is 14.9. The minimum absolute atomic E-state index is 0.0811. The number of rotatable bonds is 6. The Balaban J connectivity index is 1.86. The molecule has 0 aromatic carbocycles. The highest BCUT2D eigenvalue weighted by atomic mass is 32.1. The van der Waals surface area contributed by atoms with E-state index in [1.54, 1.807) is 6.92 Å². The number of thiophene rings is 1. The summed E-state index contributed by atoms with van der Waals surface area (Å²) in [6.07, 6.45) is 3.99. The highest BCUT2D eigenvalue weighted by Crippen LogP contribution is 2.32. The second-order valence-corrected chi connectivity index (χ2v) is 7.40. The van der Waals surface area contributed by atoms with Gasteiger partial charge < -0.3 is 10.0 Å². The monoisotopic (exact) mass is 347 g/mol. The number of carboxylic acid groups (broad SMARTS) is 1. The van der Waals surface area contributed by atoms with Crippen LogP contribution < -0.4 is 0 Å². The fourth-order valence-corrected chi connectivity index (χ4v) is 3.62. The first-order valence-corrected chi connectivity index (χ1v) is 8.90. The number of hydrogen-bond acceptors (Lipinski definition) is 4. The average Bonchev–Trinajstić information content (AvgIpc) is 3.21. The summed E-state index contributed by atoms with van der Waals surface area (Å²) in [5, 5.41) is 13.6. The van der Waals surface area contributed by atoms with Crippen molar-refractivity contribution in [1.29, 1.82) is 0 Å². The number of hydrogen-bond donors (Lipinski definition) is 1. The van der Waals surface area contributed by atoms with Gasteiger partial charge in [0.25, 0.3) is 5.91 Å². The van der Waals surface area contributed by atoms with E-state index in [-0.39, 0.29) is 16.8 Å². The summed E-state index contributed by atoms with van der Waals surface area (Å²) in [5.74, 6) is -1.07. The highest BCUT2D eigenvalue weighted by Gasteiger charge is 2.35. The summed E-state index contributed by atoms with van der Waals surface area (Å²) >= 11 is 1.15. The van der Waals surface area contributed by atoms with E-state index in [0.717, 1.165) is 46.9 Å². The van der Waals surface area contributed by atoms with Gasteiger partial charge in [0.2, 0.25) is 0 Å². The molecule has 1 N–H and O–H groups in total. The first-order chi connectivity index (χ1) is 11.4. The van der Waals surface area contributed by atoms with Crippen LogP contribution >= 0.6 is 11.3 Å². The van der Waals surface area contributed by atoms with E-state index in [1.807, 2.05) is 29.6 Å². The van der Waals surface area contributed by atoms with Gasteiger partial charge in [-0.1, -0.05) is 0 Å². The molecule has 2 aromatic heterocycles. The smallest absolute Gasteiger partial charge is 0.345 e. The molecule has 24 heavy (non-hydrogen) atoms. The number of carbonyl (C=O) groups excluding carboxylic acids is 1. The average molecular weight is 347 g/mol. The molecule has 0 saturated heterocycles. The summed E-state index contributed by atoms with van der Waals surface area (Å²) in [7, 11) is 0. The Bertz CT molecular complexity index is 789. The molecule has 2 heterocycles. The van der Waals surface area contributed by atoms with Crippen LogP contribution in [0.2, 0.25) is 0 Å². The standard InChI is InChI=1S/C17H21N3O3S/c1-4-19-8-12(10(2)18-19)9-20(13-5-6-13)16(21)14-7-15(17(22)23)24-11(14)3/h7-8,13H,4-6,9H2,1-3H3,(H,22,23). The van der Waals surface area contributed by atoms with E-state index < -0.39 is 5.97 Å². The molecule has 1 aliphatic carbocycles. The Labute approximate surface area is 144 Å².